The highest BCUT2D eigenvalue weighted by molar-refractivity contribution is 8.00. The number of thioether (sulfide) groups is 1. The van der Waals surface area contributed by atoms with Crippen LogP contribution in [0.25, 0.3) is 0 Å². The van der Waals surface area contributed by atoms with Gasteiger partial charge in [0.2, 0.25) is 0 Å². The molecule has 2 rings (SSSR count). The van der Waals surface area contributed by atoms with Gasteiger partial charge in [0, 0.05) is 11.0 Å². The van der Waals surface area contributed by atoms with Crippen LogP contribution in [0.3, 0.4) is 0 Å². The zero-order valence-electron chi connectivity index (χ0n) is 5.76. The van der Waals surface area contributed by atoms with Gasteiger partial charge in [-0.3, -0.25) is 0 Å². The number of carbonyl (C=O) groups is 1. The summed E-state index contributed by atoms with van der Waals surface area (Å²) in [6.45, 7) is 2.16. The van der Waals surface area contributed by atoms with Gasteiger partial charge in [0.15, 0.2) is 0 Å². The first-order valence-electron chi connectivity index (χ1n) is 3.46. The van der Waals surface area contributed by atoms with Gasteiger partial charge in [0.25, 0.3) is 0 Å². The van der Waals surface area contributed by atoms with E-state index < -0.39 is 0 Å². The summed E-state index contributed by atoms with van der Waals surface area (Å²) in [7, 11) is 0. The van der Waals surface area contributed by atoms with E-state index in [1.165, 1.54) is 0 Å². The van der Waals surface area contributed by atoms with Gasteiger partial charge in [0.1, 0.15) is 0 Å². The molecule has 0 aromatic carbocycles. The summed E-state index contributed by atoms with van der Waals surface area (Å²) >= 11 is 1.91. The van der Waals surface area contributed by atoms with Gasteiger partial charge in [-0.2, -0.15) is 11.8 Å². The highest BCUT2D eigenvalue weighted by Gasteiger charge is 2.40. The second-order valence-corrected chi connectivity index (χ2v) is 4.20. The first kappa shape index (κ1) is 6.34. The molecule has 2 unspecified atom stereocenters. The zero-order valence-corrected chi connectivity index (χ0v) is 6.57. The number of nitrogens with one attached hydrogen (secondary N) is 2. The Morgan fingerprint density at radius 1 is 1.60 bits per heavy atom. The Kier molecular flexibility index (Phi) is 1.30. The van der Waals surface area contributed by atoms with Gasteiger partial charge in [-0.15, -0.1) is 0 Å². The lowest BCUT2D eigenvalue weighted by molar-refractivity contribution is 0.247. The molecule has 2 heterocycles. The lowest BCUT2D eigenvalue weighted by Gasteiger charge is -2.09. The van der Waals surface area contributed by atoms with Crippen molar-refractivity contribution in [1.29, 1.82) is 0 Å². The number of fused-ring (bicyclic) bond motifs is 1. The van der Waals surface area contributed by atoms with Crippen molar-refractivity contribution < 1.29 is 4.79 Å². The Labute approximate surface area is 63.9 Å². The Bertz CT molecular complexity index is 173. The average molecular weight is 158 g/mol. The van der Waals surface area contributed by atoms with E-state index in [1.54, 1.807) is 0 Å². The third-order valence-electron chi connectivity index (χ3n) is 2.09. The maximum Gasteiger partial charge on any atom is 0.315 e. The molecule has 0 saturated carbocycles. The van der Waals surface area contributed by atoms with Crippen molar-refractivity contribution in [3.05, 3.63) is 0 Å². The predicted octanol–water partition coefficient (Wildman–Crippen LogP) is 0.172. The fraction of sp³-hybridized carbons (Fsp3) is 0.833. The molecule has 0 bridgehead atoms. The topological polar surface area (TPSA) is 41.1 Å². The summed E-state index contributed by atoms with van der Waals surface area (Å²) < 4.78 is 0. The molecule has 2 fully saturated rings. The van der Waals surface area contributed by atoms with Gasteiger partial charge < -0.3 is 10.6 Å². The molecular weight excluding hydrogens is 148 g/mol. The van der Waals surface area contributed by atoms with Crippen LogP contribution in [-0.4, -0.2) is 29.1 Å². The smallest absolute Gasteiger partial charge is 0.315 e. The van der Waals surface area contributed by atoms with E-state index in [1.807, 2.05) is 11.8 Å². The number of carbonyl (C=O) groups excluding carboxylic acids is 1. The molecule has 2 saturated heterocycles. The van der Waals surface area contributed by atoms with E-state index in [4.69, 9.17) is 0 Å². The van der Waals surface area contributed by atoms with Crippen molar-refractivity contribution >= 4 is 17.8 Å². The van der Waals surface area contributed by atoms with E-state index in [-0.39, 0.29) is 6.03 Å². The molecule has 0 radical (unpaired) electrons. The van der Waals surface area contributed by atoms with E-state index in [2.05, 4.69) is 17.6 Å². The van der Waals surface area contributed by atoms with Crippen molar-refractivity contribution in [2.45, 2.75) is 24.3 Å². The summed E-state index contributed by atoms with van der Waals surface area (Å²) in [5, 5.41) is 6.34. The average Bonchev–Trinajstić information content (AvgIpc) is 2.35. The van der Waals surface area contributed by atoms with Crippen LogP contribution in [-0.2, 0) is 0 Å². The highest BCUT2D eigenvalue weighted by Crippen LogP contribution is 2.28. The largest absolute Gasteiger partial charge is 0.332 e. The second-order valence-electron chi connectivity index (χ2n) is 2.79. The SMILES string of the molecule is C[C@H]1SCC2NC(=O)NC21. The Morgan fingerprint density at radius 3 is 3.10 bits per heavy atom. The molecule has 2 N–H and O–H groups in total. The first-order valence-corrected chi connectivity index (χ1v) is 4.51. The molecule has 0 aromatic heterocycles. The van der Waals surface area contributed by atoms with Gasteiger partial charge in [0.05, 0.1) is 12.1 Å². The minimum atomic E-state index is 0.00199. The second kappa shape index (κ2) is 2.05. The maximum absolute atomic E-state index is 10.8. The van der Waals surface area contributed by atoms with Crippen molar-refractivity contribution in [3.63, 3.8) is 0 Å². The molecule has 0 aromatic rings. The monoisotopic (exact) mass is 158 g/mol. The van der Waals surface area contributed by atoms with Crippen molar-refractivity contribution in [3.8, 4) is 0 Å². The van der Waals surface area contributed by atoms with Gasteiger partial charge in [-0.25, -0.2) is 4.79 Å². The van der Waals surface area contributed by atoms with Crippen molar-refractivity contribution in [2.24, 2.45) is 0 Å². The molecule has 10 heavy (non-hydrogen) atoms. The quantitative estimate of drug-likeness (QED) is 0.493. The summed E-state index contributed by atoms with van der Waals surface area (Å²) in [6, 6.07) is 0.757. The van der Waals surface area contributed by atoms with E-state index in [9.17, 15) is 4.79 Å². The standard InChI is InChI=1S/C6H10N2OS/c1-3-5-4(2-10-3)7-6(9)8-5/h3-5H,2H2,1H3,(H2,7,8,9)/t3-,4?,5?/m1/s1. The molecule has 2 amide bonds. The van der Waals surface area contributed by atoms with Gasteiger partial charge >= 0.3 is 6.03 Å². The normalized spacial score (nSPS) is 44.5. The summed E-state index contributed by atoms with van der Waals surface area (Å²) in [6.07, 6.45) is 0. The fourth-order valence-corrected chi connectivity index (χ4v) is 2.77. The fourth-order valence-electron chi connectivity index (χ4n) is 1.50. The minimum absolute atomic E-state index is 0.00199. The molecule has 4 heteroatoms. The Balaban J connectivity index is 2.12. The molecule has 3 atom stereocenters. The molecule has 0 spiro atoms. The molecule has 0 aliphatic carbocycles. The van der Waals surface area contributed by atoms with Crippen LogP contribution < -0.4 is 10.6 Å². The van der Waals surface area contributed by atoms with Crippen LogP contribution in [0.1, 0.15) is 6.92 Å². The summed E-state index contributed by atoms with van der Waals surface area (Å²) in [4.78, 5) is 10.8. The lowest BCUT2D eigenvalue weighted by Crippen LogP contribution is -2.35. The predicted molar refractivity (Wildman–Crippen MR) is 41.2 cm³/mol. The molecule has 2 aliphatic heterocycles. The van der Waals surface area contributed by atoms with Gasteiger partial charge in [-0.05, 0) is 0 Å². The molecule has 2 aliphatic rings. The maximum atomic E-state index is 10.8. The van der Waals surface area contributed by atoms with Crippen molar-refractivity contribution in [2.75, 3.05) is 5.75 Å². The number of urea groups is 1. The van der Waals surface area contributed by atoms with Crippen LogP contribution in [0.15, 0.2) is 0 Å². The third-order valence-corrected chi connectivity index (χ3v) is 3.46. The van der Waals surface area contributed by atoms with E-state index in [0.29, 0.717) is 17.3 Å². The number of rotatable bonds is 0. The Hall–Kier alpha value is -0.380. The zero-order chi connectivity index (χ0) is 7.14. The van der Waals surface area contributed by atoms with Crippen LogP contribution in [0.5, 0.6) is 0 Å². The first-order chi connectivity index (χ1) is 4.77. The minimum Gasteiger partial charge on any atom is -0.332 e. The number of hydrogen-bond acceptors (Lipinski definition) is 2. The van der Waals surface area contributed by atoms with E-state index >= 15 is 0 Å². The third kappa shape index (κ3) is 0.785. The Morgan fingerprint density at radius 2 is 2.40 bits per heavy atom. The highest BCUT2D eigenvalue weighted by atomic mass is 32.2. The number of amides is 2. The summed E-state index contributed by atoms with van der Waals surface area (Å²) in [5.74, 6) is 1.06. The summed E-state index contributed by atoms with van der Waals surface area (Å²) in [5.41, 5.74) is 0. The van der Waals surface area contributed by atoms with Gasteiger partial charge in [-0.1, -0.05) is 6.92 Å². The van der Waals surface area contributed by atoms with Crippen molar-refractivity contribution in [1.82, 2.24) is 10.6 Å². The van der Waals surface area contributed by atoms with E-state index in [0.717, 1.165) is 5.75 Å². The van der Waals surface area contributed by atoms with Crippen LogP contribution in [0, 0.1) is 0 Å². The van der Waals surface area contributed by atoms with Crippen LogP contribution in [0.4, 0.5) is 4.79 Å². The molecule has 3 nitrogen and oxygen atoms in total. The van der Waals surface area contributed by atoms with Crippen LogP contribution in [0.2, 0.25) is 0 Å². The van der Waals surface area contributed by atoms with Crippen LogP contribution >= 0.6 is 11.8 Å². The molecule has 56 valence electrons. The molecular formula is C6H10N2OS. The lowest BCUT2D eigenvalue weighted by atomic mass is 10.1. The number of hydrogen-bond donors (Lipinski definition) is 2.